The molecule has 1 heterocycles. The van der Waals surface area contributed by atoms with E-state index in [9.17, 15) is 0 Å². The molecule has 72 valence electrons. The molecule has 0 aliphatic carbocycles. The largest absolute Gasteiger partial charge is 0.508 e. The maximum atomic E-state index is 9.14. The van der Waals surface area contributed by atoms with Gasteiger partial charge in [-0.25, -0.2) is 4.98 Å². The van der Waals surface area contributed by atoms with E-state index in [0.29, 0.717) is 0 Å². The molecule has 0 fully saturated rings. The SMILES string of the molecule is Cc1nc(-c2ccc(O)cc2)cn1C. The molecule has 0 bridgehead atoms. The van der Waals surface area contributed by atoms with Crippen LogP contribution in [0.2, 0.25) is 0 Å². The Bertz CT molecular complexity index is 423. The monoisotopic (exact) mass is 188 g/mol. The Kier molecular flexibility index (Phi) is 2.00. The van der Waals surface area contributed by atoms with Crippen LogP contribution in [0.3, 0.4) is 0 Å². The minimum Gasteiger partial charge on any atom is -0.508 e. The second kappa shape index (κ2) is 3.18. The van der Waals surface area contributed by atoms with Gasteiger partial charge in [0.2, 0.25) is 0 Å². The van der Waals surface area contributed by atoms with Gasteiger partial charge in [0, 0.05) is 18.8 Å². The summed E-state index contributed by atoms with van der Waals surface area (Å²) in [4.78, 5) is 4.39. The van der Waals surface area contributed by atoms with Crippen LogP contribution in [0.5, 0.6) is 5.75 Å². The molecule has 2 rings (SSSR count). The van der Waals surface area contributed by atoms with Gasteiger partial charge in [-0.2, -0.15) is 0 Å². The smallest absolute Gasteiger partial charge is 0.115 e. The van der Waals surface area contributed by atoms with E-state index in [4.69, 9.17) is 5.11 Å². The molecule has 0 aliphatic rings. The fourth-order valence-electron chi connectivity index (χ4n) is 1.33. The normalized spacial score (nSPS) is 10.4. The van der Waals surface area contributed by atoms with Crippen molar-refractivity contribution in [3.8, 4) is 17.0 Å². The van der Waals surface area contributed by atoms with E-state index in [-0.39, 0.29) is 5.75 Å². The predicted molar refractivity (Wildman–Crippen MR) is 55.0 cm³/mol. The van der Waals surface area contributed by atoms with Crippen LogP contribution in [0.1, 0.15) is 5.82 Å². The number of hydrogen-bond acceptors (Lipinski definition) is 2. The van der Waals surface area contributed by atoms with Crippen molar-refractivity contribution in [1.29, 1.82) is 0 Å². The molecule has 0 atom stereocenters. The zero-order valence-corrected chi connectivity index (χ0v) is 8.23. The molecular weight excluding hydrogens is 176 g/mol. The summed E-state index contributed by atoms with van der Waals surface area (Å²) in [6, 6.07) is 7.05. The average Bonchev–Trinajstić information content (AvgIpc) is 2.48. The summed E-state index contributed by atoms with van der Waals surface area (Å²) < 4.78 is 1.97. The van der Waals surface area contributed by atoms with Crippen molar-refractivity contribution in [1.82, 2.24) is 9.55 Å². The highest BCUT2D eigenvalue weighted by atomic mass is 16.3. The van der Waals surface area contributed by atoms with Gasteiger partial charge in [-0.05, 0) is 31.2 Å². The summed E-state index contributed by atoms with van der Waals surface area (Å²) in [5.41, 5.74) is 1.96. The number of hydrogen-bond donors (Lipinski definition) is 1. The summed E-state index contributed by atoms with van der Waals surface area (Å²) in [6.07, 6.45) is 1.97. The number of aromatic nitrogens is 2. The first-order valence-electron chi connectivity index (χ1n) is 4.46. The Morgan fingerprint density at radius 1 is 1.21 bits per heavy atom. The summed E-state index contributed by atoms with van der Waals surface area (Å²) in [7, 11) is 1.96. The van der Waals surface area contributed by atoms with Gasteiger partial charge in [-0.3, -0.25) is 0 Å². The first kappa shape index (κ1) is 8.81. The van der Waals surface area contributed by atoms with Gasteiger partial charge in [0.15, 0.2) is 0 Å². The standard InChI is InChI=1S/C11H12N2O/c1-8-12-11(7-13(8)2)9-3-5-10(14)6-4-9/h3-7,14H,1-2H3. The molecule has 0 aliphatic heterocycles. The first-order chi connectivity index (χ1) is 6.66. The lowest BCUT2D eigenvalue weighted by Crippen LogP contribution is -1.86. The lowest BCUT2D eigenvalue weighted by atomic mass is 10.2. The highest BCUT2D eigenvalue weighted by Crippen LogP contribution is 2.20. The highest BCUT2D eigenvalue weighted by Gasteiger charge is 2.03. The van der Waals surface area contributed by atoms with Crippen LogP contribution in [0.25, 0.3) is 11.3 Å². The fourth-order valence-corrected chi connectivity index (χ4v) is 1.33. The molecule has 3 heteroatoms. The number of aryl methyl sites for hydroxylation is 2. The third-order valence-corrected chi connectivity index (χ3v) is 2.27. The zero-order valence-electron chi connectivity index (χ0n) is 8.23. The second-order valence-electron chi connectivity index (χ2n) is 3.33. The molecule has 0 unspecified atom stereocenters. The summed E-state index contributed by atoms with van der Waals surface area (Å²) in [6.45, 7) is 1.96. The van der Waals surface area contributed by atoms with Gasteiger partial charge in [0.05, 0.1) is 5.69 Å². The molecular formula is C11H12N2O. The summed E-state index contributed by atoms with van der Waals surface area (Å²) in [5.74, 6) is 1.26. The Balaban J connectivity index is 2.44. The molecule has 1 aromatic heterocycles. The molecule has 0 amide bonds. The van der Waals surface area contributed by atoms with Crippen molar-refractivity contribution in [3.63, 3.8) is 0 Å². The van der Waals surface area contributed by atoms with Crippen molar-refractivity contribution in [2.75, 3.05) is 0 Å². The number of benzene rings is 1. The van der Waals surface area contributed by atoms with Gasteiger partial charge in [0.1, 0.15) is 11.6 Å². The topological polar surface area (TPSA) is 38.1 Å². The number of phenolic OH excluding ortho intramolecular Hbond substituents is 1. The van der Waals surface area contributed by atoms with Crippen LogP contribution >= 0.6 is 0 Å². The molecule has 0 saturated carbocycles. The van der Waals surface area contributed by atoms with E-state index in [1.165, 1.54) is 0 Å². The average molecular weight is 188 g/mol. The van der Waals surface area contributed by atoms with Gasteiger partial charge >= 0.3 is 0 Å². The van der Waals surface area contributed by atoms with Crippen LogP contribution in [0.15, 0.2) is 30.5 Å². The van der Waals surface area contributed by atoms with E-state index in [1.54, 1.807) is 12.1 Å². The minimum atomic E-state index is 0.279. The van der Waals surface area contributed by atoms with Crippen LogP contribution in [-0.2, 0) is 7.05 Å². The predicted octanol–water partition coefficient (Wildman–Crippen LogP) is 2.10. The first-order valence-corrected chi connectivity index (χ1v) is 4.46. The van der Waals surface area contributed by atoms with Crippen LogP contribution in [0.4, 0.5) is 0 Å². The Morgan fingerprint density at radius 2 is 1.86 bits per heavy atom. The zero-order chi connectivity index (χ0) is 10.1. The third kappa shape index (κ3) is 1.48. The van der Waals surface area contributed by atoms with Crippen LogP contribution < -0.4 is 0 Å². The Morgan fingerprint density at radius 3 is 2.36 bits per heavy atom. The molecule has 1 N–H and O–H groups in total. The van der Waals surface area contributed by atoms with E-state index in [1.807, 2.05) is 36.9 Å². The molecule has 3 nitrogen and oxygen atoms in total. The lowest BCUT2D eigenvalue weighted by Gasteiger charge is -1.95. The van der Waals surface area contributed by atoms with Gasteiger partial charge in [-0.1, -0.05) is 0 Å². The molecule has 14 heavy (non-hydrogen) atoms. The van der Waals surface area contributed by atoms with Gasteiger partial charge in [-0.15, -0.1) is 0 Å². The fraction of sp³-hybridized carbons (Fsp3) is 0.182. The van der Waals surface area contributed by atoms with Crippen LogP contribution in [0, 0.1) is 6.92 Å². The Labute approximate surface area is 82.7 Å². The molecule has 2 aromatic rings. The summed E-state index contributed by atoms with van der Waals surface area (Å²) in [5, 5.41) is 9.14. The molecule has 0 radical (unpaired) electrons. The van der Waals surface area contributed by atoms with Crippen LogP contribution in [-0.4, -0.2) is 14.7 Å². The van der Waals surface area contributed by atoms with Crippen molar-refractivity contribution < 1.29 is 5.11 Å². The minimum absolute atomic E-state index is 0.279. The molecule has 0 spiro atoms. The maximum Gasteiger partial charge on any atom is 0.115 e. The number of nitrogens with zero attached hydrogens (tertiary/aromatic N) is 2. The van der Waals surface area contributed by atoms with E-state index >= 15 is 0 Å². The Hall–Kier alpha value is -1.77. The lowest BCUT2D eigenvalue weighted by molar-refractivity contribution is 0.475. The molecule has 0 saturated heterocycles. The van der Waals surface area contributed by atoms with Gasteiger partial charge < -0.3 is 9.67 Å². The summed E-state index contributed by atoms with van der Waals surface area (Å²) >= 11 is 0. The maximum absolute atomic E-state index is 9.14. The van der Waals surface area contributed by atoms with E-state index < -0.39 is 0 Å². The van der Waals surface area contributed by atoms with Crippen molar-refractivity contribution in [2.24, 2.45) is 7.05 Å². The number of aromatic hydroxyl groups is 1. The number of imidazole rings is 1. The number of phenols is 1. The van der Waals surface area contributed by atoms with E-state index in [0.717, 1.165) is 17.1 Å². The quantitative estimate of drug-likeness (QED) is 0.744. The highest BCUT2D eigenvalue weighted by molar-refractivity contribution is 5.59. The van der Waals surface area contributed by atoms with Crippen molar-refractivity contribution in [2.45, 2.75) is 6.92 Å². The number of rotatable bonds is 1. The van der Waals surface area contributed by atoms with Crippen molar-refractivity contribution in [3.05, 3.63) is 36.3 Å². The third-order valence-electron chi connectivity index (χ3n) is 2.27. The second-order valence-corrected chi connectivity index (χ2v) is 3.33. The van der Waals surface area contributed by atoms with Gasteiger partial charge in [0.25, 0.3) is 0 Å². The van der Waals surface area contributed by atoms with E-state index in [2.05, 4.69) is 4.98 Å². The van der Waals surface area contributed by atoms with Crippen molar-refractivity contribution >= 4 is 0 Å². The molecule has 1 aromatic carbocycles.